The number of nitrogens with zero attached hydrogens (tertiary/aromatic N) is 2. The van der Waals surface area contributed by atoms with Crippen molar-refractivity contribution in [3.05, 3.63) is 23.8 Å². The molecule has 29 heavy (non-hydrogen) atoms. The van der Waals surface area contributed by atoms with E-state index in [1.54, 1.807) is 14.2 Å². The fourth-order valence-electron chi connectivity index (χ4n) is 3.29. The van der Waals surface area contributed by atoms with Crippen LogP contribution < -0.4 is 14.8 Å². The molecule has 0 radical (unpaired) electrons. The highest BCUT2D eigenvalue weighted by Crippen LogP contribution is 2.31. The number of rotatable bonds is 12. The highest BCUT2D eigenvalue weighted by atomic mass is 127. The molecule has 0 atom stereocenters. The van der Waals surface area contributed by atoms with Crippen LogP contribution in [0.2, 0.25) is 0 Å². The highest BCUT2D eigenvalue weighted by Gasteiger charge is 2.25. The third-order valence-corrected chi connectivity index (χ3v) is 5.59. The first-order chi connectivity index (χ1) is 13.5. The fraction of sp³-hybridized carbons (Fsp3) is 0.682. The second-order valence-corrected chi connectivity index (χ2v) is 7.21. The first-order valence-corrected chi connectivity index (χ1v) is 10.3. The molecule has 0 aliphatic rings. The molecule has 0 unspecified atom stereocenters. The summed E-state index contributed by atoms with van der Waals surface area (Å²) in [5.74, 6) is 2.41. The lowest BCUT2D eigenvalue weighted by molar-refractivity contribution is 0.175. The van der Waals surface area contributed by atoms with Gasteiger partial charge in [-0.05, 0) is 55.7 Å². The summed E-state index contributed by atoms with van der Waals surface area (Å²) in [6.07, 6.45) is 3.70. The molecule has 0 aromatic heterocycles. The maximum Gasteiger partial charge on any atom is 0.193 e. The number of hydrogen-bond donors (Lipinski definition) is 2. The van der Waals surface area contributed by atoms with Gasteiger partial charge < -0.3 is 24.8 Å². The first kappa shape index (κ1) is 27.8. The second-order valence-electron chi connectivity index (χ2n) is 7.21. The standard InChI is InChI=1S/C22H39N3O3.HI/c1-7-22(8-2,13-15-26)17-24-21(23-9-3)25(4)14-12-18-10-11-19(27-5)20(16-18)28-6;/h10-11,16,26H,7-9,12-15,17H2,1-6H3,(H,23,24);1H. The number of likely N-dealkylation sites (N-methyl/N-ethyl adjacent to an activating group) is 1. The van der Waals surface area contributed by atoms with Gasteiger partial charge >= 0.3 is 0 Å². The molecule has 0 saturated heterocycles. The van der Waals surface area contributed by atoms with Crippen molar-refractivity contribution in [2.75, 3.05) is 47.5 Å². The number of nitrogens with one attached hydrogen (secondary N) is 1. The SMILES string of the molecule is CCNC(=NCC(CC)(CC)CCO)N(C)CCc1ccc(OC)c(OC)c1.I. The summed E-state index contributed by atoms with van der Waals surface area (Å²) < 4.78 is 10.7. The zero-order valence-corrected chi connectivity index (χ0v) is 21.3. The van der Waals surface area contributed by atoms with E-state index in [-0.39, 0.29) is 36.0 Å². The molecule has 0 heterocycles. The maximum absolute atomic E-state index is 9.44. The van der Waals surface area contributed by atoms with E-state index in [4.69, 9.17) is 14.5 Å². The molecule has 2 N–H and O–H groups in total. The van der Waals surface area contributed by atoms with Gasteiger partial charge in [-0.15, -0.1) is 24.0 Å². The van der Waals surface area contributed by atoms with E-state index in [1.807, 2.05) is 12.1 Å². The Hall–Kier alpha value is -1.22. The number of ether oxygens (including phenoxy) is 2. The van der Waals surface area contributed by atoms with Crippen molar-refractivity contribution >= 4 is 29.9 Å². The quantitative estimate of drug-likeness (QED) is 0.248. The summed E-state index contributed by atoms with van der Waals surface area (Å²) in [5, 5.41) is 12.8. The van der Waals surface area contributed by atoms with Gasteiger partial charge in [0.25, 0.3) is 0 Å². The summed E-state index contributed by atoms with van der Waals surface area (Å²) in [7, 11) is 5.37. The molecule has 1 aromatic rings. The topological polar surface area (TPSA) is 66.3 Å². The molecule has 0 aliphatic carbocycles. The number of benzene rings is 1. The zero-order valence-electron chi connectivity index (χ0n) is 19.0. The predicted molar refractivity (Wildman–Crippen MR) is 132 cm³/mol. The van der Waals surface area contributed by atoms with Gasteiger partial charge in [-0.3, -0.25) is 4.99 Å². The number of guanidine groups is 1. The van der Waals surface area contributed by atoms with Gasteiger partial charge in [0.1, 0.15) is 0 Å². The molecule has 1 rings (SSSR count). The average molecular weight is 521 g/mol. The summed E-state index contributed by atoms with van der Waals surface area (Å²) in [6, 6.07) is 6.04. The Labute approximate surface area is 194 Å². The molecule has 0 spiro atoms. The van der Waals surface area contributed by atoms with Gasteiger partial charge in [0.05, 0.1) is 14.2 Å². The Morgan fingerprint density at radius 3 is 2.31 bits per heavy atom. The monoisotopic (exact) mass is 521 g/mol. The van der Waals surface area contributed by atoms with Crippen LogP contribution in [0.3, 0.4) is 0 Å². The van der Waals surface area contributed by atoms with Crippen molar-refractivity contribution in [1.82, 2.24) is 10.2 Å². The van der Waals surface area contributed by atoms with E-state index in [9.17, 15) is 5.11 Å². The Morgan fingerprint density at radius 1 is 1.14 bits per heavy atom. The second kappa shape index (κ2) is 14.7. The van der Waals surface area contributed by atoms with Gasteiger partial charge in [0.15, 0.2) is 17.5 Å². The van der Waals surface area contributed by atoms with Crippen LogP contribution in [0, 0.1) is 5.41 Å². The lowest BCUT2D eigenvalue weighted by atomic mass is 9.79. The van der Waals surface area contributed by atoms with Gasteiger partial charge in [-0.25, -0.2) is 0 Å². The van der Waals surface area contributed by atoms with Crippen molar-refractivity contribution in [3.8, 4) is 11.5 Å². The predicted octanol–water partition coefficient (Wildman–Crippen LogP) is 3.95. The van der Waals surface area contributed by atoms with E-state index in [1.165, 1.54) is 5.56 Å². The number of halogens is 1. The summed E-state index contributed by atoms with van der Waals surface area (Å²) >= 11 is 0. The van der Waals surface area contributed by atoms with E-state index >= 15 is 0 Å². The first-order valence-electron chi connectivity index (χ1n) is 10.3. The summed E-state index contributed by atoms with van der Waals surface area (Å²) in [5.41, 5.74) is 1.26. The molecular formula is C22H40IN3O3. The molecule has 6 nitrogen and oxygen atoms in total. The Bertz CT molecular complexity index is 607. The lowest BCUT2D eigenvalue weighted by Crippen LogP contribution is -2.41. The van der Waals surface area contributed by atoms with Crippen LogP contribution in [0.15, 0.2) is 23.2 Å². The number of aliphatic imine (C=N–C) groups is 1. The molecule has 0 aliphatic heterocycles. The minimum atomic E-state index is 0. The molecular weight excluding hydrogens is 481 g/mol. The van der Waals surface area contributed by atoms with E-state index in [0.29, 0.717) is 0 Å². The number of hydrogen-bond acceptors (Lipinski definition) is 4. The maximum atomic E-state index is 9.44. The Kier molecular flexibility index (Phi) is 14.1. The van der Waals surface area contributed by atoms with Crippen molar-refractivity contribution in [1.29, 1.82) is 0 Å². The van der Waals surface area contributed by atoms with E-state index < -0.39 is 0 Å². The zero-order chi connectivity index (χ0) is 21.0. The number of aliphatic hydroxyl groups excluding tert-OH is 1. The van der Waals surface area contributed by atoms with Gasteiger partial charge in [0.2, 0.25) is 0 Å². The minimum Gasteiger partial charge on any atom is -0.493 e. The van der Waals surface area contributed by atoms with Crippen molar-refractivity contribution in [3.63, 3.8) is 0 Å². The van der Waals surface area contributed by atoms with Crippen molar-refractivity contribution in [2.24, 2.45) is 10.4 Å². The smallest absolute Gasteiger partial charge is 0.193 e. The van der Waals surface area contributed by atoms with Crippen LogP contribution in [0.4, 0.5) is 0 Å². The lowest BCUT2D eigenvalue weighted by Gasteiger charge is -2.30. The van der Waals surface area contributed by atoms with Crippen LogP contribution in [0.1, 0.15) is 45.6 Å². The molecule has 0 saturated carbocycles. The normalized spacial score (nSPS) is 11.6. The van der Waals surface area contributed by atoms with Crippen LogP contribution >= 0.6 is 24.0 Å². The molecule has 1 aromatic carbocycles. The average Bonchev–Trinajstić information content (AvgIpc) is 2.73. The molecule has 0 amide bonds. The van der Waals surface area contributed by atoms with E-state index in [0.717, 1.165) is 62.8 Å². The van der Waals surface area contributed by atoms with Crippen molar-refractivity contribution in [2.45, 2.75) is 46.5 Å². The number of aliphatic hydroxyl groups is 1. The molecule has 0 bridgehead atoms. The highest BCUT2D eigenvalue weighted by molar-refractivity contribution is 14.0. The van der Waals surface area contributed by atoms with Gasteiger partial charge in [-0.2, -0.15) is 0 Å². The van der Waals surface area contributed by atoms with Crippen molar-refractivity contribution < 1.29 is 14.6 Å². The third kappa shape index (κ3) is 8.58. The van der Waals surface area contributed by atoms with E-state index in [2.05, 4.69) is 44.1 Å². The third-order valence-electron chi connectivity index (χ3n) is 5.59. The van der Waals surface area contributed by atoms with Gasteiger partial charge in [-0.1, -0.05) is 19.9 Å². The minimum absolute atomic E-state index is 0. The Balaban J connectivity index is 0.00000784. The van der Waals surface area contributed by atoms with Crippen LogP contribution in [0.5, 0.6) is 11.5 Å². The molecule has 0 fully saturated rings. The summed E-state index contributed by atoms with van der Waals surface area (Å²) in [4.78, 5) is 7.06. The number of methoxy groups -OCH3 is 2. The molecule has 168 valence electrons. The van der Waals surface area contributed by atoms with Gasteiger partial charge in [0, 0.05) is 33.3 Å². The summed E-state index contributed by atoms with van der Waals surface area (Å²) in [6.45, 7) is 9.05. The van der Waals surface area contributed by atoms with Crippen LogP contribution in [-0.2, 0) is 6.42 Å². The Morgan fingerprint density at radius 2 is 1.79 bits per heavy atom. The largest absolute Gasteiger partial charge is 0.493 e. The fourth-order valence-corrected chi connectivity index (χ4v) is 3.29. The van der Waals surface area contributed by atoms with Crippen LogP contribution in [0.25, 0.3) is 0 Å². The van der Waals surface area contributed by atoms with Crippen LogP contribution in [-0.4, -0.2) is 63.5 Å². The molecule has 7 heteroatoms.